The van der Waals surface area contributed by atoms with E-state index in [1.807, 2.05) is 18.2 Å². The summed E-state index contributed by atoms with van der Waals surface area (Å²) in [5.74, 6) is -0.353. The summed E-state index contributed by atoms with van der Waals surface area (Å²) < 4.78 is 5.07. The molecule has 0 bridgehead atoms. The highest BCUT2D eigenvalue weighted by Crippen LogP contribution is 2.35. The zero-order valence-electron chi connectivity index (χ0n) is 7.99. The van der Waals surface area contributed by atoms with Gasteiger partial charge in [-0.1, -0.05) is 6.07 Å². The van der Waals surface area contributed by atoms with Gasteiger partial charge in [0, 0.05) is 0 Å². The Balaban J connectivity index is 2.41. The second kappa shape index (κ2) is 3.33. The summed E-state index contributed by atoms with van der Waals surface area (Å²) in [7, 11) is 1.59. The van der Waals surface area contributed by atoms with E-state index >= 15 is 0 Å². The Kier molecular flexibility index (Phi) is 2.15. The number of aryl methyl sites for hydroxylation is 1. The minimum absolute atomic E-state index is 0.347. The fourth-order valence-corrected chi connectivity index (χ4v) is 1.96. The average Bonchev–Trinajstić information content (AvgIpc) is 2.59. The molecule has 0 spiro atoms. The Labute approximate surface area is 82.3 Å². The highest BCUT2D eigenvalue weighted by Gasteiger charge is 2.28. The molecule has 3 heteroatoms. The summed E-state index contributed by atoms with van der Waals surface area (Å²) in [5, 5.41) is 8.98. The van der Waals surface area contributed by atoms with Gasteiger partial charge in [0.15, 0.2) is 0 Å². The molecule has 1 atom stereocenters. The summed E-state index contributed by atoms with van der Waals surface area (Å²) in [6, 6.07) is 5.67. The number of fused-ring (bicyclic) bond motifs is 1. The van der Waals surface area contributed by atoms with E-state index in [1.165, 1.54) is 0 Å². The van der Waals surface area contributed by atoms with Crippen molar-refractivity contribution in [3.63, 3.8) is 0 Å². The van der Waals surface area contributed by atoms with Crippen molar-refractivity contribution in [2.24, 2.45) is 0 Å². The van der Waals surface area contributed by atoms with Crippen LogP contribution in [0.1, 0.15) is 23.5 Å². The lowest BCUT2D eigenvalue weighted by Gasteiger charge is -2.07. The lowest BCUT2D eigenvalue weighted by Crippen LogP contribution is -2.07. The number of carbonyl (C=O) groups is 1. The molecular formula is C11H12O3. The van der Waals surface area contributed by atoms with Gasteiger partial charge in [-0.15, -0.1) is 0 Å². The smallest absolute Gasteiger partial charge is 0.310 e. The van der Waals surface area contributed by atoms with Crippen LogP contribution < -0.4 is 4.74 Å². The maximum atomic E-state index is 10.9. The van der Waals surface area contributed by atoms with Gasteiger partial charge in [-0.25, -0.2) is 0 Å². The Morgan fingerprint density at radius 2 is 2.36 bits per heavy atom. The van der Waals surface area contributed by atoms with E-state index < -0.39 is 5.97 Å². The van der Waals surface area contributed by atoms with Gasteiger partial charge in [0.1, 0.15) is 5.75 Å². The maximum absolute atomic E-state index is 10.9. The van der Waals surface area contributed by atoms with Crippen molar-refractivity contribution >= 4 is 5.97 Å². The summed E-state index contributed by atoms with van der Waals surface area (Å²) in [5.41, 5.74) is 2.05. The first-order valence-corrected chi connectivity index (χ1v) is 4.62. The van der Waals surface area contributed by atoms with Crippen LogP contribution >= 0.6 is 0 Å². The molecule has 1 aromatic rings. The van der Waals surface area contributed by atoms with E-state index in [4.69, 9.17) is 9.84 Å². The van der Waals surface area contributed by atoms with Crippen LogP contribution in [0.2, 0.25) is 0 Å². The van der Waals surface area contributed by atoms with Crippen LogP contribution in [-0.2, 0) is 11.2 Å². The number of ether oxygens (including phenoxy) is 1. The topological polar surface area (TPSA) is 46.5 Å². The van der Waals surface area contributed by atoms with Crippen molar-refractivity contribution in [3.8, 4) is 5.75 Å². The standard InChI is InChI=1S/C11H12O3/c1-14-8-4-2-7-3-5-9(11(12)13)10(7)6-8/h2,4,6,9H,3,5H2,1H3,(H,12,13)/t9-/m1/s1. The van der Waals surface area contributed by atoms with Gasteiger partial charge in [-0.2, -0.15) is 0 Å². The molecule has 1 N–H and O–H groups in total. The number of rotatable bonds is 2. The van der Waals surface area contributed by atoms with E-state index in [9.17, 15) is 4.79 Å². The van der Waals surface area contributed by atoms with E-state index in [-0.39, 0.29) is 5.92 Å². The van der Waals surface area contributed by atoms with E-state index in [2.05, 4.69) is 0 Å². The Morgan fingerprint density at radius 3 is 3.00 bits per heavy atom. The molecule has 1 aliphatic carbocycles. The predicted molar refractivity (Wildman–Crippen MR) is 51.7 cm³/mol. The highest BCUT2D eigenvalue weighted by molar-refractivity contribution is 5.78. The fraction of sp³-hybridized carbons (Fsp3) is 0.364. The summed E-state index contributed by atoms with van der Waals surface area (Å²) in [6.07, 6.45) is 1.56. The van der Waals surface area contributed by atoms with Crippen LogP contribution in [0, 0.1) is 0 Å². The highest BCUT2D eigenvalue weighted by atomic mass is 16.5. The summed E-state index contributed by atoms with van der Waals surface area (Å²) >= 11 is 0. The van der Waals surface area contributed by atoms with Crippen LogP contribution in [-0.4, -0.2) is 18.2 Å². The van der Waals surface area contributed by atoms with Crippen LogP contribution in [0.3, 0.4) is 0 Å². The molecule has 1 aliphatic rings. The van der Waals surface area contributed by atoms with Gasteiger partial charge in [0.2, 0.25) is 0 Å². The van der Waals surface area contributed by atoms with Gasteiger partial charge in [0.25, 0.3) is 0 Å². The fourth-order valence-electron chi connectivity index (χ4n) is 1.96. The second-order valence-corrected chi connectivity index (χ2v) is 3.49. The molecule has 14 heavy (non-hydrogen) atoms. The predicted octanol–water partition coefficient (Wildman–Crippen LogP) is 1.81. The molecule has 0 radical (unpaired) electrons. The lowest BCUT2D eigenvalue weighted by atomic mass is 10.0. The Morgan fingerprint density at radius 1 is 1.57 bits per heavy atom. The van der Waals surface area contributed by atoms with Crippen molar-refractivity contribution in [1.29, 1.82) is 0 Å². The number of hydrogen-bond donors (Lipinski definition) is 1. The van der Waals surface area contributed by atoms with Crippen molar-refractivity contribution in [2.75, 3.05) is 7.11 Å². The lowest BCUT2D eigenvalue weighted by molar-refractivity contribution is -0.138. The maximum Gasteiger partial charge on any atom is 0.310 e. The molecule has 0 amide bonds. The first kappa shape index (κ1) is 9.06. The Bertz CT molecular complexity index is 371. The minimum atomic E-state index is -0.739. The van der Waals surface area contributed by atoms with Crippen LogP contribution in [0.5, 0.6) is 5.75 Å². The summed E-state index contributed by atoms with van der Waals surface area (Å²) in [4.78, 5) is 10.9. The molecule has 0 aliphatic heterocycles. The molecule has 0 saturated heterocycles. The van der Waals surface area contributed by atoms with Gasteiger partial charge >= 0.3 is 5.97 Å². The van der Waals surface area contributed by atoms with Gasteiger partial charge in [0.05, 0.1) is 13.0 Å². The molecule has 0 heterocycles. The molecule has 1 aromatic carbocycles. The Hall–Kier alpha value is -1.51. The number of carboxylic acids is 1. The first-order chi connectivity index (χ1) is 6.72. The molecule has 74 valence electrons. The molecule has 0 saturated carbocycles. The van der Waals surface area contributed by atoms with Crippen LogP contribution in [0.4, 0.5) is 0 Å². The minimum Gasteiger partial charge on any atom is -0.497 e. The quantitative estimate of drug-likeness (QED) is 0.777. The summed E-state index contributed by atoms with van der Waals surface area (Å²) in [6.45, 7) is 0. The largest absolute Gasteiger partial charge is 0.497 e. The van der Waals surface area contributed by atoms with Crippen molar-refractivity contribution in [2.45, 2.75) is 18.8 Å². The number of carboxylic acid groups (broad SMARTS) is 1. The zero-order chi connectivity index (χ0) is 10.1. The molecule has 0 aromatic heterocycles. The zero-order valence-corrected chi connectivity index (χ0v) is 7.99. The third-order valence-electron chi connectivity index (χ3n) is 2.73. The monoisotopic (exact) mass is 192 g/mol. The average molecular weight is 192 g/mol. The first-order valence-electron chi connectivity index (χ1n) is 4.62. The van der Waals surface area contributed by atoms with Gasteiger partial charge in [-0.05, 0) is 36.1 Å². The third kappa shape index (κ3) is 1.35. The van der Waals surface area contributed by atoms with Crippen LogP contribution in [0.15, 0.2) is 18.2 Å². The van der Waals surface area contributed by atoms with Gasteiger partial charge in [-0.3, -0.25) is 4.79 Å². The second-order valence-electron chi connectivity index (χ2n) is 3.49. The number of aliphatic carboxylic acids is 1. The van der Waals surface area contributed by atoms with E-state index in [0.717, 1.165) is 23.3 Å². The SMILES string of the molecule is COc1ccc2c(c1)[C@H](C(=O)O)CC2. The van der Waals surface area contributed by atoms with Crippen molar-refractivity contribution in [1.82, 2.24) is 0 Å². The van der Waals surface area contributed by atoms with Crippen molar-refractivity contribution in [3.05, 3.63) is 29.3 Å². The van der Waals surface area contributed by atoms with Crippen LogP contribution in [0.25, 0.3) is 0 Å². The van der Waals surface area contributed by atoms with E-state index in [1.54, 1.807) is 7.11 Å². The normalized spacial score (nSPS) is 19.1. The van der Waals surface area contributed by atoms with Crippen molar-refractivity contribution < 1.29 is 14.6 Å². The third-order valence-corrected chi connectivity index (χ3v) is 2.73. The molecule has 3 nitrogen and oxygen atoms in total. The number of methoxy groups -OCH3 is 1. The number of benzene rings is 1. The van der Waals surface area contributed by atoms with E-state index in [0.29, 0.717) is 6.42 Å². The van der Waals surface area contributed by atoms with Gasteiger partial charge < -0.3 is 9.84 Å². The molecule has 2 rings (SSSR count). The molecule has 0 unspecified atom stereocenters. The number of hydrogen-bond acceptors (Lipinski definition) is 2. The molecular weight excluding hydrogens is 180 g/mol. The molecule has 0 fully saturated rings.